The summed E-state index contributed by atoms with van der Waals surface area (Å²) in [5, 5.41) is 5.69. The molecule has 3 heterocycles. The molecule has 0 aliphatic carbocycles. The van der Waals surface area contributed by atoms with Crippen molar-refractivity contribution in [2.45, 2.75) is 24.7 Å². The van der Waals surface area contributed by atoms with E-state index < -0.39 is 0 Å². The van der Waals surface area contributed by atoms with Gasteiger partial charge in [0.2, 0.25) is 0 Å². The third kappa shape index (κ3) is 3.00. The predicted octanol–water partition coefficient (Wildman–Crippen LogP) is 1.44. The van der Waals surface area contributed by atoms with Gasteiger partial charge in [0.1, 0.15) is 0 Å². The Morgan fingerprint density at radius 3 is 3.00 bits per heavy atom. The lowest BCUT2D eigenvalue weighted by Gasteiger charge is -2.26. The summed E-state index contributed by atoms with van der Waals surface area (Å²) in [7, 11) is 1.85. The van der Waals surface area contributed by atoms with Crippen molar-refractivity contribution < 1.29 is 0 Å². The first-order valence-electron chi connectivity index (χ1n) is 6.63. The third-order valence-electron chi connectivity index (χ3n) is 3.55. The minimum atomic E-state index is -0.0406. The van der Waals surface area contributed by atoms with E-state index in [9.17, 15) is 4.79 Å². The van der Waals surface area contributed by atoms with Gasteiger partial charge in [0.15, 0.2) is 5.16 Å². The van der Waals surface area contributed by atoms with Crippen molar-refractivity contribution in [1.29, 1.82) is 0 Å². The number of hydrogen-bond donors (Lipinski definition) is 1. The van der Waals surface area contributed by atoms with E-state index in [1.54, 1.807) is 10.9 Å². The molecule has 0 radical (unpaired) electrons. The average molecular weight is 326 g/mol. The minimum absolute atomic E-state index is 0.0406. The highest BCUT2D eigenvalue weighted by Gasteiger charge is 2.22. The molecule has 0 bridgehead atoms. The Labute approximate surface area is 131 Å². The van der Waals surface area contributed by atoms with Gasteiger partial charge in [0.05, 0.1) is 22.0 Å². The van der Waals surface area contributed by atoms with E-state index >= 15 is 0 Å². The molecule has 6 nitrogen and oxygen atoms in total. The van der Waals surface area contributed by atoms with Gasteiger partial charge in [-0.2, -0.15) is 5.10 Å². The second kappa shape index (κ2) is 5.82. The van der Waals surface area contributed by atoms with Crippen LogP contribution in [0, 0.1) is 0 Å². The van der Waals surface area contributed by atoms with E-state index in [1.807, 2.05) is 13.3 Å². The zero-order valence-electron chi connectivity index (χ0n) is 11.9. The van der Waals surface area contributed by atoms with Gasteiger partial charge in [0.25, 0.3) is 5.56 Å². The SMILES string of the molecule is CSc1nc2c(c(=O)[nH]1)CN(Cc1nn(C)cc1Cl)CC2. The second-order valence-electron chi connectivity index (χ2n) is 5.06. The number of aromatic amines is 1. The molecule has 1 N–H and O–H groups in total. The highest BCUT2D eigenvalue weighted by Crippen LogP contribution is 2.20. The van der Waals surface area contributed by atoms with Crippen LogP contribution in [-0.2, 0) is 26.6 Å². The van der Waals surface area contributed by atoms with Crippen LogP contribution in [0.5, 0.6) is 0 Å². The molecule has 112 valence electrons. The van der Waals surface area contributed by atoms with E-state index in [0.717, 1.165) is 29.9 Å². The summed E-state index contributed by atoms with van der Waals surface area (Å²) in [6.45, 7) is 2.08. The number of H-pyrrole nitrogens is 1. The lowest BCUT2D eigenvalue weighted by molar-refractivity contribution is 0.237. The fourth-order valence-electron chi connectivity index (χ4n) is 2.51. The summed E-state index contributed by atoms with van der Waals surface area (Å²) in [5.41, 5.74) is 2.46. The van der Waals surface area contributed by atoms with Gasteiger partial charge in [-0.1, -0.05) is 23.4 Å². The Morgan fingerprint density at radius 1 is 1.52 bits per heavy atom. The van der Waals surface area contributed by atoms with Gasteiger partial charge in [-0.15, -0.1) is 0 Å². The molecule has 0 saturated heterocycles. The minimum Gasteiger partial charge on any atom is -0.301 e. The summed E-state index contributed by atoms with van der Waals surface area (Å²) in [4.78, 5) is 21.6. The number of aromatic nitrogens is 4. The molecule has 21 heavy (non-hydrogen) atoms. The number of halogens is 1. The van der Waals surface area contributed by atoms with Crippen LogP contribution in [0.4, 0.5) is 0 Å². The van der Waals surface area contributed by atoms with Crippen LogP contribution in [0.1, 0.15) is 17.0 Å². The van der Waals surface area contributed by atoms with Crippen LogP contribution >= 0.6 is 23.4 Å². The van der Waals surface area contributed by atoms with Crippen molar-refractivity contribution in [1.82, 2.24) is 24.6 Å². The first-order valence-corrected chi connectivity index (χ1v) is 8.23. The molecule has 1 aliphatic rings. The molecule has 0 spiro atoms. The zero-order valence-corrected chi connectivity index (χ0v) is 13.5. The largest absolute Gasteiger partial charge is 0.301 e. The van der Waals surface area contributed by atoms with E-state index in [-0.39, 0.29) is 5.56 Å². The standard InChI is InChI=1S/C13H16ClN5OS/c1-18-6-9(14)11(17-18)7-19-4-3-10-8(5-19)12(20)16-13(15-10)21-2/h6H,3-5,7H2,1-2H3,(H,15,16,20). The maximum absolute atomic E-state index is 12.1. The quantitative estimate of drug-likeness (QED) is 0.683. The van der Waals surface area contributed by atoms with E-state index in [4.69, 9.17) is 11.6 Å². The smallest absolute Gasteiger partial charge is 0.256 e. The number of nitrogens with zero attached hydrogens (tertiary/aromatic N) is 4. The summed E-state index contributed by atoms with van der Waals surface area (Å²) in [6, 6.07) is 0. The van der Waals surface area contributed by atoms with Gasteiger partial charge in [-0.05, 0) is 6.26 Å². The van der Waals surface area contributed by atoms with Crippen molar-refractivity contribution >= 4 is 23.4 Å². The van der Waals surface area contributed by atoms with Crippen LogP contribution in [0.25, 0.3) is 0 Å². The lowest BCUT2D eigenvalue weighted by Crippen LogP contribution is -2.35. The molecule has 0 atom stereocenters. The van der Waals surface area contributed by atoms with Crippen LogP contribution in [0.3, 0.4) is 0 Å². The van der Waals surface area contributed by atoms with Crippen LogP contribution in [-0.4, -0.2) is 37.4 Å². The topological polar surface area (TPSA) is 66.8 Å². The first-order chi connectivity index (χ1) is 10.1. The molecule has 1 aliphatic heterocycles. The number of nitrogens with one attached hydrogen (secondary N) is 1. The molecule has 2 aromatic heterocycles. The van der Waals surface area contributed by atoms with Crippen LogP contribution in [0.15, 0.2) is 16.1 Å². The molecular formula is C13H16ClN5OS. The van der Waals surface area contributed by atoms with Crippen molar-refractivity contribution in [2.75, 3.05) is 12.8 Å². The summed E-state index contributed by atoms with van der Waals surface area (Å²) in [5.74, 6) is 0. The van der Waals surface area contributed by atoms with E-state index in [1.165, 1.54) is 11.8 Å². The van der Waals surface area contributed by atoms with E-state index in [0.29, 0.717) is 23.3 Å². The molecule has 3 rings (SSSR count). The number of fused-ring (bicyclic) bond motifs is 1. The Bertz CT molecular complexity index is 726. The van der Waals surface area contributed by atoms with Crippen molar-refractivity contribution in [3.8, 4) is 0 Å². The van der Waals surface area contributed by atoms with Gasteiger partial charge in [-0.3, -0.25) is 14.4 Å². The number of aryl methyl sites for hydroxylation is 1. The van der Waals surface area contributed by atoms with Gasteiger partial charge in [0, 0.05) is 39.3 Å². The third-order valence-corrected chi connectivity index (χ3v) is 4.44. The van der Waals surface area contributed by atoms with Gasteiger partial charge < -0.3 is 4.98 Å². The Hall–Kier alpha value is -1.31. The Balaban J connectivity index is 1.81. The molecule has 8 heteroatoms. The fourth-order valence-corrected chi connectivity index (χ4v) is 3.15. The number of rotatable bonds is 3. The summed E-state index contributed by atoms with van der Waals surface area (Å²) in [6.07, 6.45) is 4.47. The number of thioether (sulfide) groups is 1. The molecule has 0 aromatic carbocycles. The van der Waals surface area contributed by atoms with Crippen molar-refractivity contribution in [3.63, 3.8) is 0 Å². The maximum atomic E-state index is 12.1. The highest BCUT2D eigenvalue weighted by atomic mass is 35.5. The van der Waals surface area contributed by atoms with Crippen LogP contribution in [0.2, 0.25) is 5.02 Å². The highest BCUT2D eigenvalue weighted by molar-refractivity contribution is 7.98. The fraction of sp³-hybridized carbons (Fsp3) is 0.462. The van der Waals surface area contributed by atoms with Gasteiger partial charge >= 0.3 is 0 Å². The molecular weight excluding hydrogens is 310 g/mol. The molecule has 0 amide bonds. The molecule has 0 saturated carbocycles. The molecule has 0 unspecified atom stereocenters. The first kappa shape index (κ1) is 14.6. The van der Waals surface area contributed by atoms with Crippen molar-refractivity contribution in [3.05, 3.63) is 38.5 Å². The molecule has 2 aromatic rings. The normalized spacial score (nSPS) is 15.2. The average Bonchev–Trinajstić information content (AvgIpc) is 2.77. The predicted molar refractivity (Wildman–Crippen MR) is 82.7 cm³/mol. The zero-order chi connectivity index (χ0) is 15.0. The summed E-state index contributed by atoms with van der Waals surface area (Å²) >= 11 is 7.60. The lowest BCUT2D eigenvalue weighted by atomic mass is 10.1. The monoisotopic (exact) mass is 325 g/mol. The Kier molecular flexibility index (Phi) is 4.05. The number of hydrogen-bond acceptors (Lipinski definition) is 5. The van der Waals surface area contributed by atoms with Crippen LogP contribution < -0.4 is 5.56 Å². The van der Waals surface area contributed by atoms with Crippen molar-refractivity contribution in [2.24, 2.45) is 7.05 Å². The maximum Gasteiger partial charge on any atom is 0.256 e. The second-order valence-corrected chi connectivity index (χ2v) is 6.26. The molecule has 0 fully saturated rings. The van der Waals surface area contributed by atoms with Gasteiger partial charge in [-0.25, -0.2) is 4.98 Å². The Morgan fingerprint density at radius 2 is 2.33 bits per heavy atom. The van der Waals surface area contributed by atoms with E-state index in [2.05, 4.69) is 20.0 Å². The summed E-state index contributed by atoms with van der Waals surface area (Å²) < 4.78 is 1.70.